The molecule has 0 bridgehead atoms. The highest BCUT2D eigenvalue weighted by Gasteiger charge is 2.45. The maximum Gasteiger partial charge on any atom is 0.417 e. The molecule has 4 aliphatic rings. The number of imide groups is 2. The van der Waals surface area contributed by atoms with Gasteiger partial charge in [0, 0.05) is 79.3 Å². The zero-order chi connectivity index (χ0) is 41.5. The maximum atomic E-state index is 15.0. The predicted octanol–water partition coefficient (Wildman–Crippen LogP) is 6.06. The highest BCUT2D eigenvalue weighted by Crippen LogP contribution is 2.46. The zero-order valence-electron chi connectivity index (χ0n) is 32.6. The lowest BCUT2D eigenvalue weighted by Crippen LogP contribution is -2.54. The summed E-state index contributed by atoms with van der Waals surface area (Å²) in [5, 5.41) is 7.49. The van der Waals surface area contributed by atoms with E-state index >= 15 is 13.2 Å². The molecule has 2 aromatic heterocycles. The summed E-state index contributed by atoms with van der Waals surface area (Å²) in [5.41, 5.74) is 3.64. The third-order valence-electron chi connectivity index (χ3n) is 12.2. The molecule has 2 fully saturated rings. The number of alkyl halides is 3. The van der Waals surface area contributed by atoms with Crippen LogP contribution in [0, 0.1) is 6.92 Å². The van der Waals surface area contributed by atoms with Crippen LogP contribution in [0.1, 0.15) is 75.6 Å². The van der Waals surface area contributed by atoms with Crippen LogP contribution in [0.5, 0.6) is 5.75 Å². The molecular weight excluding hydrogens is 768 g/mol. The van der Waals surface area contributed by atoms with Crippen LogP contribution in [0.2, 0.25) is 0 Å². The number of pyridine rings is 1. The van der Waals surface area contributed by atoms with E-state index in [0.29, 0.717) is 79.1 Å². The van der Waals surface area contributed by atoms with Crippen LogP contribution in [0.4, 0.5) is 30.2 Å². The first kappa shape index (κ1) is 38.1. The first-order valence-corrected chi connectivity index (χ1v) is 19.6. The second-order valence-electron chi connectivity index (χ2n) is 15.7. The number of fused-ring (bicyclic) bond motifs is 3. The smallest absolute Gasteiger partial charge is 0.417 e. The number of benzene rings is 3. The molecule has 1 atom stereocenters. The number of ether oxygens (including phenoxy) is 1. The van der Waals surface area contributed by atoms with Crippen molar-refractivity contribution in [1.82, 2.24) is 24.6 Å². The van der Waals surface area contributed by atoms with Crippen LogP contribution in [-0.4, -0.2) is 75.7 Å². The minimum atomic E-state index is -4.67. The Labute approximate surface area is 335 Å². The van der Waals surface area contributed by atoms with E-state index < -0.39 is 41.4 Å². The van der Waals surface area contributed by atoms with Crippen molar-refractivity contribution in [1.29, 1.82) is 0 Å². The first-order chi connectivity index (χ1) is 28.2. The van der Waals surface area contributed by atoms with Gasteiger partial charge in [0.15, 0.2) is 0 Å². The minimum absolute atomic E-state index is 0.0332. The number of methoxy groups -OCH3 is 1. The number of amides is 4. The van der Waals surface area contributed by atoms with Crippen LogP contribution in [0.3, 0.4) is 0 Å². The molecule has 59 heavy (non-hydrogen) atoms. The second-order valence-corrected chi connectivity index (χ2v) is 15.7. The number of anilines is 3. The third kappa shape index (κ3) is 6.41. The topological polar surface area (TPSA) is 139 Å². The van der Waals surface area contributed by atoms with Gasteiger partial charge in [-0.3, -0.25) is 38.9 Å². The normalized spacial score (nSPS) is 18.7. The summed E-state index contributed by atoms with van der Waals surface area (Å²) in [6.45, 7) is 3.32. The van der Waals surface area contributed by atoms with E-state index in [1.165, 1.54) is 23.9 Å². The number of nitrogens with one attached hydrogen (secondary N) is 1. The average Bonchev–Trinajstić information content (AvgIpc) is 3.81. The number of aryl methyl sites for hydroxylation is 3. The molecule has 1 N–H and O–H groups in total. The second kappa shape index (κ2) is 14.1. The predicted molar refractivity (Wildman–Crippen MR) is 212 cm³/mol. The van der Waals surface area contributed by atoms with Gasteiger partial charge in [0.2, 0.25) is 11.8 Å². The molecule has 6 heterocycles. The minimum Gasteiger partial charge on any atom is -0.497 e. The van der Waals surface area contributed by atoms with Gasteiger partial charge in [-0.25, -0.2) is 0 Å². The van der Waals surface area contributed by atoms with Crippen LogP contribution < -0.4 is 25.4 Å². The molecule has 13 nitrogen and oxygen atoms in total. The number of nitrogens with zero attached hydrogens (tertiary/aromatic N) is 6. The fraction of sp³-hybridized carbons (Fsp3) is 0.349. The Balaban J connectivity index is 0.962. The van der Waals surface area contributed by atoms with Gasteiger partial charge in [0.1, 0.15) is 11.8 Å². The number of carbonyl (C=O) groups is 4. The van der Waals surface area contributed by atoms with Crippen molar-refractivity contribution in [2.24, 2.45) is 7.05 Å². The highest BCUT2D eigenvalue weighted by atomic mass is 19.4. The number of piperidine rings is 2. The van der Waals surface area contributed by atoms with Crippen molar-refractivity contribution in [2.75, 3.05) is 36.5 Å². The lowest BCUT2D eigenvalue weighted by atomic mass is 9.92. The van der Waals surface area contributed by atoms with E-state index in [4.69, 9.17) is 4.74 Å². The van der Waals surface area contributed by atoms with Crippen LogP contribution in [0.15, 0.2) is 65.7 Å². The lowest BCUT2D eigenvalue weighted by molar-refractivity contribution is -0.137. The van der Waals surface area contributed by atoms with Gasteiger partial charge < -0.3 is 19.1 Å². The fourth-order valence-corrected chi connectivity index (χ4v) is 9.09. The molecule has 2 saturated heterocycles. The Kier molecular flexibility index (Phi) is 9.12. The molecule has 16 heteroatoms. The number of hydrogen-bond donors (Lipinski definition) is 1. The Morgan fingerprint density at radius 1 is 0.847 bits per heavy atom. The molecular formula is C43H40F3N7O6. The monoisotopic (exact) mass is 807 g/mol. The van der Waals surface area contributed by atoms with Gasteiger partial charge in [-0.1, -0.05) is 0 Å². The van der Waals surface area contributed by atoms with Crippen LogP contribution >= 0.6 is 0 Å². The van der Waals surface area contributed by atoms with E-state index in [1.807, 2.05) is 4.90 Å². The van der Waals surface area contributed by atoms with Crippen molar-refractivity contribution in [3.8, 4) is 16.9 Å². The van der Waals surface area contributed by atoms with Crippen LogP contribution in [-0.2, 0) is 29.2 Å². The molecule has 3 aromatic carbocycles. The Bertz CT molecular complexity index is 2680. The Morgan fingerprint density at radius 3 is 2.34 bits per heavy atom. The van der Waals surface area contributed by atoms with Gasteiger partial charge in [-0.05, 0) is 86.6 Å². The molecule has 1 unspecified atom stereocenters. The number of hydrogen-bond acceptors (Lipinski definition) is 9. The SMILES string of the molecule is COc1cc(N2CCCc3cc(-c4cnn(C5CCN(c6ccc7c(c6)C(=O)N(C6CCC(=O)NC6=O)C7=O)CC5)c4)c(C(F)(F)F)cc32)c2cc(C)c(=O)n(C)c2c1. The first-order valence-electron chi connectivity index (χ1n) is 19.6. The average molecular weight is 808 g/mol. The van der Waals surface area contributed by atoms with E-state index in [-0.39, 0.29) is 41.1 Å². The van der Waals surface area contributed by atoms with Gasteiger partial charge in [-0.2, -0.15) is 18.3 Å². The van der Waals surface area contributed by atoms with Gasteiger partial charge in [0.25, 0.3) is 17.4 Å². The summed E-state index contributed by atoms with van der Waals surface area (Å²) in [5.74, 6) is -1.77. The van der Waals surface area contributed by atoms with Crippen molar-refractivity contribution in [2.45, 2.75) is 63.7 Å². The molecule has 4 amide bonds. The standard InChI is InChI=1S/C43H40F3N7O6/c1-23-15-32-36(49(2)40(23)56)18-28(59-3)19-37(32)51-12-4-5-24-16-30(33(20-35(24)51)43(44,45)46)25-21-47-52(22-25)26-10-13-50(14-11-26)27-6-7-29-31(17-27)42(58)53(41(29)57)34-8-9-38(54)48-39(34)55/h6-7,15-22,26,34H,4-5,8-14H2,1-3H3,(H,48,54,55). The summed E-state index contributed by atoms with van der Waals surface area (Å²) in [7, 11) is 3.19. The number of halogens is 3. The van der Waals surface area contributed by atoms with Gasteiger partial charge in [-0.15, -0.1) is 0 Å². The molecule has 0 saturated carbocycles. The van der Waals surface area contributed by atoms with E-state index in [2.05, 4.69) is 15.3 Å². The van der Waals surface area contributed by atoms with E-state index in [0.717, 1.165) is 21.5 Å². The third-order valence-corrected chi connectivity index (χ3v) is 12.2. The molecule has 304 valence electrons. The Morgan fingerprint density at radius 2 is 1.61 bits per heavy atom. The molecule has 5 aromatic rings. The maximum absolute atomic E-state index is 15.0. The summed E-state index contributed by atoms with van der Waals surface area (Å²) >= 11 is 0. The van der Waals surface area contributed by atoms with Crippen molar-refractivity contribution in [3.63, 3.8) is 0 Å². The van der Waals surface area contributed by atoms with E-state index in [9.17, 15) is 24.0 Å². The largest absolute Gasteiger partial charge is 0.497 e. The van der Waals surface area contributed by atoms with E-state index in [1.54, 1.807) is 67.3 Å². The van der Waals surface area contributed by atoms with Crippen LogP contribution in [0.25, 0.3) is 22.0 Å². The molecule has 0 radical (unpaired) electrons. The van der Waals surface area contributed by atoms with Crippen molar-refractivity contribution >= 4 is 51.6 Å². The number of carbonyl (C=O) groups excluding carboxylic acids is 4. The van der Waals surface area contributed by atoms with Crippen molar-refractivity contribution < 1.29 is 37.1 Å². The summed E-state index contributed by atoms with van der Waals surface area (Å²) < 4.78 is 53.9. The summed E-state index contributed by atoms with van der Waals surface area (Å²) in [6, 6.07) is 12.1. The highest BCUT2D eigenvalue weighted by molar-refractivity contribution is 6.23. The molecule has 0 spiro atoms. The molecule has 9 rings (SSSR count). The fourth-order valence-electron chi connectivity index (χ4n) is 9.09. The van der Waals surface area contributed by atoms with Crippen molar-refractivity contribution in [3.05, 3.63) is 99.1 Å². The summed E-state index contributed by atoms with van der Waals surface area (Å²) in [4.78, 5) is 68.4. The zero-order valence-corrected chi connectivity index (χ0v) is 32.6. The number of aromatic nitrogens is 3. The Hall–Kier alpha value is -6.45. The lowest BCUT2D eigenvalue weighted by Gasteiger charge is -2.34. The molecule has 4 aliphatic heterocycles. The molecule has 0 aliphatic carbocycles. The quantitative estimate of drug-likeness (QED) is 0.203. The van der Waals surface area contributed by atoms with Gasteiger partial charge >= 0.3 is 6.18 Å². The number of rotatable bonds is 6. The van der Waals surface area contributed by atoms with Gasteiger partial charge in [0.05, 0.1) is 47.2 Å². The summed E-state index contributed by atoms with van der Waals surface area (Å²) in [6.07, 6.45) is 1.13.